The van der Waals surface area contributed by atoms with Crippen molar-refractivity contribution in [2.45, 2.75) is 12.6 Å². The third-order valence-electron chi connectivity index (χ3n) is 1.97. The van der Waals surface area contributed by atoms with Crippen molar-refractivity contribution in [3.8, 4) is 11.8 Å². The highest BCUT2D eigenvalue weighted by molar-refractivity contribution is 6.31. The number of hydrogen-bond acceptors (Lipinski definition) is 2. The van der Waals surface area contributed by atoms with Gasteiger partial charge in [0.15, 0.2) is 0 Å². The fourth-order valence-electron chi connectivity index (χ4n) is 1.30. The predicted octanol–water partition coefficient (Wildman–Crippen LogP) is 3.43. The third kappa shape index (κ3) is 2.39. The molecule has 0 aliphatic carbocycles. The van der Waals surface area contributed by atoms with Crippen LogP contribution in [-0.2, 0) is 12.6 Å². The van der Waals surface area contributed by atoms with Crippen molar-refractivity contribution in [2.75, 3.05) is 7.11 Å². The SMILES string of the molecule is COc1c(C(F)(F)F)ccc(Cl)c1CC#N. The minimum atomic E-state index is -4.53. The van der Waals surface area contributed by atoms with Gasteiger partial charge in [0.25, 0.3) is 0 Å². The van der Waals surface area contributed by atoms with Crippen molar-refractivity contribution in [1.82, 2.24) is 0 Å². The second-order valence-electron chi connectivity index (χ2n) is 2.94. The number of ether oxygens (including phenoxy) is 1. The number of halogens is 4. The lowest BCUT2D eigenvalue weighted by Crippen LogP contribution is -2.09. The molecule has 1 aromatic rings. The number of hydrogen-bond donors (Lipinski definition) is 0. The van der Waals surface area contributed by atoms with Gasteiger partial charge in [0.1, 0.15) is 5.75 Å². The Bertz CT molecular complexity index is 437. The zero-order valence-corrected chi connectivity index (χ0v) is 8.99. The number of alkyl halides is 3. The molecule has 0 N–H and O–H groups in total. The molecule has 0 aromatic heterocycles. The van der Waals surface area contributed by atoms with Crippen LogP contribution in [0.4, 0.5) is 13.2 Å². The molecule has 0 radical (unpaired) electrons. The predicted molar refractivity (Wildman–Crippen MR) is 52.3 cm³/mol. The summed E-state index contributed by atoms with van der Waals surface area (Å²) < 4.78 is 42.4. The number of nitrogens with zero attached hydrogens (tertiary/aromatic N) is 1. The van der Waals surface area contributed by atoms with Crippen LogP contribution < -0.4 is 4.74 Å². The molecule has 0 spiro atoms. The van der Waals surface area contributed by atoms with E-state index in [1.807, 2.05) is 0 Å². The Kier molecular flexibility index (Phi) is 3.66. The van der Waals surface area contributed by atoms with Crippen LogP contribution in [-0.4, -0.2) is 7.11 Å². The summed E-state index contributed by atoms with van der Waals surface area (Å²) in [7, 11) is 1.11. The normalized spacial score (nSPS) is 11.0. The molecule has 0 saturated carbocycles. The van der Waals surface area contributed by atoms with Crippen LogP contribution in [0.1, 0.15) is 11.1 Å². The fraction of sp³-hybridized carbons (Fsp3) is 0.300. The van der Waals surface area contributed by atoms with Crippen molar-refractivity contribution >= 4 is 11.6 Å². The quantitative estimate of drug-likeness (QED) is 0.804. The van der Waals surface area contributed by atoms with Gasteiger partial charge >= 0.3 is 6.18 Å². The van der Waals surface area contributed by atoms with E-state index < -0.39 is 11.7 Å². The Morgan fingerprint density at radius 3 is 2.50 bits per heavy atom. The van der Waals surface area contributed by atoms with Gasteiger partial charge in [-0.25, -0.2) is 0 Å². The van der Waals surface area contributed by atoms with Gasteiger partial charge in [-0.2, -0.15) is 18.4 Å². The van der Waals surface area contributed by atoms with Crippen molar-refractivity contribution < 1.29 is 17.9 Å². The van der Waals surface area contributed by atoms with Gasteiger partial charge in [0.05, 0.1) is 25.2 Å². The van der Waals surface area contributed by atoms with E-state index in [1.165, 1.54) is 0 Å². The van der Waals surface area contributed by atoms with E-state index >= 15 is 0 Å². The van der Waals surface area contributed by atoms with Gasteiger partial charge in [-0.3, -0.25) is 0 Å². The summed E-state index contributed by atoms with van der Waals surface area (Å²) in [6, 6.07) is 3.69. The van der Waals surface area contributed by atoms with Crippen molar-refractivity contribution in [3.63, 3.8) is 0 Å². The van der Waals surface area contributed by atoms with E-state index in [0.29, 0.717) is 0 Å². The Balaban J connectivity index is 3.44. The first kappa shape index (κ1) is 12.7. The summed E-state index contributed by atoms with van der Waals surface area (Å²) in [4.78, 5) is 0. The minimum absolute atomic E-state index is 0.0569. The lowest BCUT2D eigenvalue weighted by Gasteiger charge is -2.15. The smallest absolute Gasteiger partial charge is 0.419 e. The molecule has 0 heterocycles. The molecule has 6 heteroatoms. The van der Waals surface area contributed by atoms with E-state index in [2.05, 4.69) is 4.74 Å². The van der Waals surface area contributed by atoms with Crippen molar-refractivity contribution in [1.29, 1.82) is 5.26 Å². The number of methoxy groups -OCH3 is 1. The van der Waals surface area contributed by atoms with Gasteiger partial charge in [-0.05, 0) is 12.1 Å². The Morgan fingerprint density at radius 1 is 1.44 bits per heavy atom. The maximum Gasteiger partial charge on any atom is 0.419 e. The summed E-state index contributed by atoms with van der Waals surface area (Å²) in [5.41, 5.74) is -0.869. The number of rotatable bonds is 2. The Hall–Kier alpha value is -1.41. The average molecular weight is 250 g/mol. The molecule has 0 aliphatic rings. The topological polar surface area (TPSA) is 33.0 Å². The molecule has 0 atom stereocenters. The molecule has 1 rings (SSSR count). The highest BCUT2D eigenvalue weighted by Gasteiger charge is 2.35. The first-order valence-corrected chi connectivity index (χ1v) is 4.59. The van der Waals surface area contributed by atoms with Crippen molar-refractivity contribution in [3.05, 3.63) is 28.3 Å². The first-order chi connectivity index (χ1) is 7.41. The molecule has 0 bridgehead atoms. The lowest BCUT2D eigenvalue weighted by molar-refractivity contribution is -0.138. The molecule has 1 aromatic carbocycles. The van der Waals surface area contributed by atoms with Gasteiger partial charge in [0.2, 0.25) is 0 Å². The van der Waals surface area contributed by atoms with Gasteiger partial charge < -0.3 is 4.74 Å². The second kappa shape index (κ2) is 4.62. The standard InChI is InChI=1S/C10H7ClF3NO/c1-16-9-6(4-5-15)8(11)3-2-7(9)10(12,13)14/h2-3H,4H2,1H3. The Labute approximate surface area is 95.2 Å². The van der Waals surface area contributed by atoms with Crippen molar-refractivity contribution in [2.24, 2.45) is 0 Å². The molecular formula is C10H7ClF3NO. The van der Waals surface area contributed by atoms with E-state index in [0.717, 1.165) is 19.2 Å². The highest BCUT2D eigenvalue weighted by Crippen LogP contribution is 2.40. The third-order valence-corrected chi connectivity index (χ3v) is 2.32. The zero-order valence-electron chi connectivity index (χ0n) is 8.23. The summed E-state index contributed by atoms with van der Waals surface area (Å²) >= 11 is 5.71. The average Bonchev–Trinajstić information content (AvgIpc) is 2.19. The van der Waals surface area contributed by atoms with E-state index in [-0.39, 0.29) is 22.8 Å². The summed E-state index contributed by atoms with van der Waals surface area (Å²) in [5, 5.41) is 8.60. The molecule has 16 heavy (non-hydrogen) atoms. The molecule has 86 valence electrons. The first-order valence-electron chi connectivity index (χ1n) is 4.21. The van der Waals surface area contributed by atoms with Crippen LogP contribution in [0.3, 0.4) is 0 Å². The Morgan fingerprint density at radius 2 is 2.06 bits per heavy atom. The van der Waals surface area contributed by atoms with Gasteiger partial charge in [0, 0.05) is 10.6 Å². The van der Waals surface area contributed by atoms with Crippen LogP contribution in [0.5, 0.6) is 5.75 Å². The van der Waals surface area contributed by atoms with Crippen LogP contribution in [0.2, 0.25) is 5.02 Å². The monoisotopic (exact) mass is 249 g/mol. The summed E-state index contributed by atoms with van der Waals surface area (Å²) in [6.45, 7) is 0. The maximum atomic E-state index is 12.6. The molecule has 2 nitrogen and oxygen atoms in total. The van der Waals surface area contributed by atoms with Crippen LogP contribution in [0, 0.1) is 11.3 Å². The molecule has 0 saturated heterocycles. The number of nitriles is 1. The fourth-order valence-corrected chi connectivity index (χ4v) is 1.52. The second-order valence-corrected chi connectivity index (χ2v) is 3.35. The van der Waals surface area contributed by atoms with Crippen LogP contribution >= 0.6 is 11.6 Å². The molecule has 0 fully saturated rings. The molecule has 0 amide bonds. The summed E-state index contributed by atoms with van der Waals surface area (Å²) in [5.74, 6) is -0.387. The van der Waals surface area contributed by atoms with E-state index in [4.69, 9.17) is 16.9 Å². The van der Waals surface area contributed by atoms with Crippen LogP contribution in [0.25, 0.3) is 0 Å². The molecular weight excluding hydrogens is 243 g/mol. The minimum Gasteiger partial charge on any atom is -0.496 e. The summed E-state index contributed by atoms with van der Waals surface area (Å²) in [6.07, 6.45) is -4.76. The largest absolute Gasteiger partial charge is 0.496 e. The molecule has 0 aliphatic heterocycles. The number of benzene rings is 1. The van der Waals surface area contributed by atoms with Crippen LogP contribution in [0.15, 0.2) is 12.1 Å². The van der Waals surface area contributed by atoms with E-state index in [9.17, 15) is 13.2 Å². The lowest BCUT2D eigenvalue weighted by atomic mass is 10.1. The van der Waals surface area contributed by atoms with Gasteiger partial charge in [-0.1, -0.05) is 11.6 Å². The molecule has 0 unspecified atom stereocenters. The van der Waals surface area contributed by atoms with Gasteiger partial charge in [-0.15, -0.1) is 0 Å². The highest BCUT2D eigenvalue weighted by atomic mass is 35.5. The van der Waals surface area contributed by atoms with E-state index in [1.54, 1.807) is 6.07 Å². The maximum absolute atomic E-state index is 12.6. The zero-order chi connectivity index (χ0) is 12.3.